The summed E-state index contributed by atoms with van der Waals surface area (Å²) in [7, 11) is 0. The molecule has 1 aromatic heterocycles. The fraction of sp³-hybridized carbons (Fsp3) is 0.500. The molecular formula is C22H31N3O. The lowest BCUT2D eigenvalue weighted by Gasteiger charge is -2.34. The summed E-state index contributed by atoms with van der Waals surface area (Å²) < 4.78 is 2.27. The number of aryl methyl sites for hydroxylation is 1. The van der Waals surface area contributed by atoms with Crippen molar-refractivity contribution in [3.63, 3.8) is 0 Å². The Hall–Kier alpha value is -2.23. The molecular weight excluding hydrogens is 322 g/mol. The first kappa shape index (κ1) is 18.6. The van der Waals surface area contributed by atoms with E-state index in [0.717, 1.165) is 19.4 Å². The van der Waals surface area contributed by atoms with Crippen LogP contribution in [0.25, 0.3) is 0 Å². The first-order valence-corrected chi connectivity index (χ1v) is 9.91. The molecule has 0 saturated heterocycles. The average molecular weight is 354 g/mol. The van der Waals surface area contributed by atoms with E-state index >= 15 is 0 Å². The Morgan fingerprint density at radius 2 is 2.00 bits per heavy atom. The lowest BCUT2D eigenvalue weighted by atomic mass is 9.94. The largest absolute Gasteiger partial charge is 0.345 e. The highest BCUT2D eigenvalue weighted by atomic mass is 16.2. The normalized spacial score (nSPS) is 15.0. The van der Waals surface area contributed by atoms with Crippen molar-refractivity contribution in [1.29, 1.82) is 0 Å². The van der Waals surface area contributed by atoms with Crippen molar-refractivity contribution < 1.29 is 4.79 Å². The van der Waals surface area contributed by atoms with Crippen molar-refractivity contribution in [3.8, 4) is 0 Å². The molecule has 0 aliphatic heterocycles. The van der Waals surface area contributed by atoms with Crippen LogP contribution in [-0.2, 0) is 13.1 Å². The monoisotopic (exact) mass is 353 g/mol. The zero-order valence-electron chi connectivity index (χ0n) is 16.1. The van der Waals surface area contributed by atoms with Crippen LogP contribution in [0, 0.1) is 6.92 Å². The molecule has 1 heterocycles. The zero-order valence-corrected chi connectivity index (χ0v) is 16.1. The Labute approximate surface area is 157 Å². The van der Waals surface area contributed by atoms with E-state index in [1.165, 1.54) is 36.1 Å². The first-order valence-electron chi connectivity index (χ1n) is 9.91. The number of nitrogens with one attached hydrogen (secondary N) is 1. The number of carbonyl (C=O) groups excluding carboxylic acids is 1. The number of aromatic nitrogens is 1. The highest BCUT2D eigenvalue weighted by Gasteiger charge is 2.26. The van der Waals surface area contributed by atoms with Crippen molar-refractivity contribution in [2.75, 3.05) is 6.54 Å². The second kappa shape index (κ2) is 8.93. The van der Waals surface area contributed by atoms with Crippen LogP contribution in [0.2, 0.25) is 0 Å². The van der Waals surface area contributed by atoms with Gasteiger partial charge < -0.3 is 14.8 Å². The second-order valence-corrected chi connectivity index (χ2v) is 7.37. The van der Waals surface area contributed by atoms with Gasteiger partial charge in [0.15, 0.2) is 0 Å². The van der Waals surface area contributed by atoms with Crippen molar-refractivity contribution in [3.05, 3.63) is 59.4 Å². The summed E-state index contributed by atoms with van der Waals surface area (Å²) in [5, 5.41) is 3.01. The molecule has 0 unspecified atom stereocenters. The second-order valence-electron chi connectivity index (χ2n) is 7.37. The quantitative estimate of drug-likeness (QED) is 0.802. The molecule has 1 saturated carbocycles. The Balaban J connectivity index is 1.76. The van der Waals surface area contributed by atoms with Gasteiger partial charge in [0.25, 0.3) is 0 Å². The fourth-order valence-electron chi connectivity index (χ4n) is 3.94. The first-order chi connectivity index (χ1) is 12.7. The Morgan fingerprint density at radius 3 is 2.73 bits per heavy atom. The summed E-state index contributed by atoms with van der Waals surface area (Å²) >= 11 is 0. The van der Waals surface area contributed by atoms with Crippen molar-refractivity contribution in [1.82, 2.24) is 14.8 Å². The zero-order chi connectivity index (χ0) is 18.4. The highest BCUT2D eigenvalue weighted by molar-refractivity contribution is 5.74. The molecule has 1 aromatic carbocycles. The summed E-state index contributed by atoms with van der Waals surface area (Å²) in [5.74, 6) is 0. The van der Waals surface area contributed by atoms with E-state index in [1.807, 2.05) is 6.92 Å². The molecule has 2 aromatic rings. The van der Waals surface area contributed by atoms with Gasteiger partial charge in [-0.15, -0.1) is 0 Å². The number of carbonyl (C=O) groups is 1. The maximum absolute atomic E-state index is 12.7. The van der Waals surface area contributed by atoms with E-state index in [4.69, 9.17) is 0 Å². The summed E-state index contributed by atoms with van der Waals surface area (Å²) in [5.41, 5.74) is 3.77. The molecule has 1 N–H and O–H groups in total. The molecule has 0 bridgehead atoms. The lowest BCUT2D eigenvalue weighted by molar-refractivity contribution is 0.149. The van der Waals surface area contributed by atoms with Crippen LogP contribution in [0.3, 0.4) is 0 Å². The van der Waals surface area contributed by atoms with Gasteiger partial charge >= 0.3 is 6.03 Å². The summed E-state index contributed by atoms with van der Waals surface area (Å²) in [6.45, 7) is 6.30. The topological polar surface area (TPSA) is 37.3 Å². The van der Waals surface area contributed by atoms with E-state index in [1.54, 1.807) is 0 Å². The minimum Gasteiger partial charge on any atom is -0.345 e. The third kappa shape index (κ3) is 4.69. The molecule has 1 aliphatic carbocycles. The third-order valence-electron chi connectivity index (χ3n) is 5.30. The maximum atomic E-state index is 12.7. The standard InChI is InChI=1S/C22H31N3O/c1-3-23-22(26)25(20-11-5-4-6-12-20)17-21-13-8-14-24(21)16-19-10-7-9-18(2)15-19/h7-10,13-15,20H,3-6,11-12,16-17H2,1-2H3,(H,23,26). The molecule has 0 radical (unpaired) electrons. The van der Waals surface area contributed by atoms with Crippen LogP contribution in [0.5, 0.6) is 0 Å². The van der Waals surface area contributed by atoms with Crippen molar-refractivity contribution >= 4 is 6.03 Å². The molecule has 1 fully saturated rings. The number of hydrogen-bond acceptors (Lipinski definition) is 1. The molecule has 0 spiro atoms. The Morgan fingerprint density at radius 1 is 1.19 bits per heavy atom. The van der Waals surface area contributed by atoms with Crippen LogP contribution < -0.4 is 5.32 Å². The number of benzene rings is 1. The van der Waals surface area contributed by atoms with Crippen molar-refractivity contribution in [2.24, 2.45) is 0 Å². The minimum atomic E-state index is 0.0719. The van der Waals surface area contributed by atoms with Crippen LogP contribution in [0.15, 0.2) is 42.6 Å². The van der Waals surface area contributed by atoms with Gasteiger partial charge in [-0.3, -0.25) is 0 Å². The van der Waals surface area contributed by atoms with E-state index in [0.29, 0.717) is 19.1 Å². The summed E-state index contributed by atoms with van der Waals surface area (Å²) in [4.78, 5) is 14.7. The van der Waals surface area contributed by atoms with E-state index < -0.39 is 0 Å². The predicted octanol–water partition coefficient (Wildman–Crippen LogP) is 4.71. The van der Waals surface area contributed by atoms with Gasteiger partial charge in [0.1, 0.15) is 0 Å². The minimum absolute atomic E-state index is 0.0719. The maximum Gasteiger partial charge on any atom is 0.317 e. The highest BCUT2D eigenvalue weighted by Crippen LogP contribution is 2.24. The Bertz CT molecular complexity index is 716. The third-order valence-corrected chi connectivity index (χ3v) is 5.30. The predicted molar refractivity (Wildman–Crippen MR) is 106 cm³/mol. The number of hydrogen-bond donors (Lipinski definition) is 1. The van der Waals surface area contributed by atoms with Gasteiger partial charge in [0.2, 0.25) is 0 Å². The smallest absolute Gasteiger partial charge is 0.317 e. The average Bonchev–Trinajstić information content (AvgIpc) is 3.07. The molecule has 4 nitrogen and oxygen atoms in total. The van der Waals surface area contributed by atoms with Gasteiger partial charge in [0.05, 0.1) is 6.54 Å². The number of rotatable bonds is 6. The number of nitrogens with zero attached hydrogens (tertiary/aromatic N) is 2. The fourth-order valence-corrected chi connectivity index (χ4v) is 3.94. The molecule has 140 valence electrons. The molecule has 4 heteroatoms. The summed E-state index contributed by atoms with van der Waals surface area (Å²) in [6, 6.07) is 13.3. The number of amides is 2. The van der Waals surface area contributed by atoms with Crippen LogP contribution >= 0.6 is 0 Å². The molecule has 2 amide bonds. The van der Waals surface area contributed by atoms with E-state index in [-0.39, 0.29) is 6.03 Å². The molecule has 26 heavy (non-hydrogen) atoms. The van der Waals surface area contributed by atoms with Gasteiger partial charge in [-0.25, -0.2) is 4.79 Å². The van der Waals surface area contributed by atoms with Crippen LogP contribution in [-0.4, -0.2) is 28.1 Å². The van der Waals surface area contributed by atoms with E-state index in [2.05, 4.69) is 64.3 Å². The summed E-state index contributed by atoms with van der Waals surface area (Å²) in [6.07, 6.45) is 8.11. The number of urea groups is 1. The van der Waals surface area contributed by atoms with Crippen molar-refractivity contribution in [2.45, 2.75) is 65.1 Å². The van der Waals surface area contributed by atoms with Gasteiger partial charge in [0, 0.05) is 31.0 Å². The van der Waals surface area contributed by atoms with Gasteiger partial charge in [-0.1, -0.05) is 49.1 Å². The van der Waals surface area contributed by atoms with Gasteiger partial charge in [-0.05, 0) is 44.4 Å². The van der Waals surface area contributed by atoms with Crippen LogP contribution in [0.1, 0.15) is 55.8 Å². The molecule has 0 atom stereocenters. The lowest BCUT2D eigenvalue weighted by Crippen LogP contribution is -2.46. The molecule has 3 rings (SSSR count). The Kier molecular flexibility index (Phi) is 6.37. The molecule has 1 aliphatic rings. The van der Waals surface area contributed by atoms with E-state index in [9.17, 15) is 4.79 Å². The van der Waals surface area contributed by atoms with Gasteiger partial charge in [-0.2, -0.15) is 0 Å². The SMILES string of the molecule is CCNC(=O)N(Cc1cccn1Cc1cccc(C)c1)C1CCCCC1. The van der Waals surface area contributed by atoms with Crippen LogP contribution in [0.4, 0.5) is 4.79 Å².